The molecule has 0 spiro atoms. The van der Waals surface area contributed by atoms with E-state index in [2.05, 4.69) is 39.2 Å². The summed E-state index contributed by atoms with van der Waals surface area (Å²) in [5, 5.41) is 8.77. The summed E-state index contributed by atoms with van der Waals surface area (Å²) in [6.07, 6.45) is 5.40. The van der Waals surface area contributed by atoms with Crippen molar-refractivity contribution in [1.29, 1.82) is 0 Å². The van der Waals surface area contributed by atoms with Crippen LogP contribution >= 0.6 is 0 Å². The van der Waals surface area contributed by atoms with E-state index < -0.39 is 0 Å². The van der Waals surface area contributed by atoms with Crippen molar-refractivity contribution in [2.24, 2.45) is 0 Å². The number of hydrogen-bond donors (Lipinski definition) is 0. The first-order valence-corrected chi connectivity index (χ1v) is 9.16. The Morgan fingerprint density at radius 2 is 2.00 bits per heavy atom. The molecule has 6 nitrogen and oxygen atoms in total. The molecule has 1 amide bonds. The van der Waals surface area contributed by atoms with Crippen LogP contribution in [0.4, 0.5) is 5.82 Å². The first-order chi connectivity index (χ1) is 11.6. The second kappa shape index (κ2) is 6.31. The number of anilines is 1. The number of rotatable bonds is 5. The molecule has 2 saturated heterocycles. The summed E-state index contributed by atoms with van der Waals surface area (Å²) in [6, 6.07) is 5.16. The number of aromatic nitrogens is 2. The van der Waals surface area contributed by atoms with Crippen molar-refractivity contribution < 1.29 is 4.79 Å². The van der Waals surface area contributed by atoms with Crippen LogP contribution in [-0.2, 0) is 4.79 Å². The standard InChI is InChI=1S/C18H27N5O/c1-21(10-14-4-3-5-18(24)22(14)2)15-11-23(12-15)17-9-8-16(19-20-17)13-6-7-13/h8-9,13-15H,3-7,10-12H2,1-2H3. The normalized spacial score (nSPS) is 25.3. The van der Waals surface area contributed by atoms with Crippen molar-refractivity contribution >= 4 is 11.7 Å². The zero-order chi connectivity index (χ0) is 16.7. The van der Waals surface area contributed by atoms with E-state index in [0.29, 0.717) is 30.3 Å². The van der Waals surface area contributed by atoms with Gasteiger partial charge in [0.2, 0.25) is 5.91 Å². The Hall–Kier alpha value is -1.69. The van der Waals surface area contributed by atoms with Crippen LogP contribution in [0.15, 0.2) is 12.1 Å². The maximum Gasteiger partial charge on any atom is 0.222 e. The highest BCUT2D eigenvalue weighted by Crippen LogP contribution is 2.38. The summed E-state index contributed by atoms with van der Waals surface area (Å²) < 4.78 is 0. The van der Waals surface area contributed by atoms with E-state index in [1.807, 2.05) is 11.9 Å². The molecule has 1 aromatic heterocycles. The number of hydrogen-bond acceptors (Lipinski definition) is 5. The third kappa shape index (κ3) is 3.11. The smallest absolute Gasteiger partial charge is 0.222 e. The van der Waals surface area contributed by atoms with Gasteiger partial charge in [-0.2, -0.15) is 5.10 Å². The Bertz CT molecular complexity index is 594. The maximum absolute atomic E-state index is 11.8. The molecule has 1 atom stereocenters. The summed E-state index contributed by atoms with van der Waals surface area (Å²) in [5.74, 6) is 1.95. The molecule has 4 rings (SSSR count). The Kier molecular flexibility index (Phi) is 4.16. The molecule has 3 heterocycles. The fourth-order valence-corrected chi connectivity index (χ4v) is 3.78. The minimum atomic E-state index is 0.293. The number of piperidine rings is 1. The van der Waals surface area contributed by atoms with Gasteiger partial charge in [-0.1, -0.05) is 0 Å². The fraction of sp³-hybridized carbons (Fsp3) is 0.722. The van der Waals surface area contributed by atoms with E-state index in [1.165, 1.54) is 12.8 Å². The summed E-state index contributed by atoms with van der Waals surface area (Å²) in [7, 11) is 4.13. The van der Waals surface area contributed by atoms with E-state index in [1.54, 1.807) is 0 Å². The molecule has 6 heteroatoms. The van der Waals surface area contributed by atoms with E-state index in [4.69, 9.17) is 0 Å². The van der Waals surface area contributed by atoms with Crippen molar-refractivity contribution in [2.75, 3.05) is 38.6 Å². The average molecular weight is 329 g/mol. The minimum absolute atomic E-state index is 0.293. The summed E-state index contributed by atoms with van der Waals surface area (Å²) in [6.45, 7) is 2.96. The largest absolute Gasteiger partial charge is 0.352 e. The first-order valence-electron chi connectivity index (χ1n) is 9.16. The number of likely N-dealkylation sites (N-methyl/N-ethyl adjacent to an activating group) is 2. The molecule has 0 N–H and O–H groups in total. The SMILES string of the molecule is CN(CC1CCCC(=O)N1C)C1CN(c2ccc(C3CC3)nn2)C1. The topological polar surface area (TPSA) is 52.6 Å². The minimum Gasteiger partial charge on any atom is -0.352 e. The van der Waals surface area contributed by atoms with Gasteiger partial charge in [0.25, 0.3) is 0 Å². The van der Waals surface area contributed by atoms with Gasteiger partial charge in [-0.3, -0.25) is 9.69 Å². The van der Waals surface area contributed by atoms with Gasteiger partial charge in [-0.25, -0.2) is 0 Å². The van der Waals surface area contributed by atoms with E-state index in [0.717, 1.165) is 44.0 Å². The predicted molar refractivity (Wildman–Crippen MR) is 93.0 cm³/mol. The third-order valence-corrected chi connectivity index (χ3v) is 5.84. The molecule has 24 heavy (non-hydrogen) atoms. The molecule has 1 saturated carbocycles. The molecule has 2 aliphatic heterocycles. The molecule has 3 fully saturated rings. The molecule has 1 aliphatic carbocycles. The highest BCUT2D eigenvalue weighted by Gasteiger charge is 2.34. The predicted octanol–water partition coefficient (Wildman–Crippen LogP) is 1.49. The van der Waals surface area contributed by atoms with Gasteiger partial charge in [0, 0.05) is 51.1 Å². The van der Waals surface area contributed by atoms with Crippen LogP contribution in [0.2, 0.25) is 0 Å². The number of carbonyl (C=O) groups is 1. The van der Waals surface area contributed by atoms with Crippen LogP contribution in [0, 0.1) is 0 Å². The zero-order valence-corrected chi connectivity index (χ0v) is 14.7. The fourth-order valence-electron chi connectivity index (χ4n) is 3.78. The molecule has 0 aromatic carbocycles. The van der Waals surface area contributed by atoms with Gasteiger partial charge < -0.3 is 9.80 Å². The Morgan fingerprint density at radius 1 is 1.21 bits per heavy atom. The molecule has 130 valence electrons. The van der Waals surface area contributed by atoms with Gasteiger partial charge in [0.05, 0.1) is 5.69 Å². The highest BCUT2D eigenvalue weighted by atomic mass is 16.2. The van der Waals surface area contributed by atoms with Crippen molar-refractivity contribution in [2.45, 2.75) is 50.1 Å². The van der Waals surface area contributed by atoms with Crippen molar-refractivity contribution in [3.05, 3.63) is 17.8 Å². The van der Waals surface area contributed by atoms with Gasteiger partial charge in [0.15, 0.2) is 5.82 Å². The second-order valence-electron chi connectivity index (χ2n) is 7.64. The lowest BCUT2D eigenvalue weighted by Gasteiger charge is -2.46. The van der Waals surface area contributed by atoms with Crippen LogP contribution in [0.25, 0.3) is 0 Å². The van der Waals surface area contributed by atoms with Crippen LogP contribution in [-0.4, -0.2) is 71.7 Å². The summed E-state index contributed by atoms with van der Waals surface area (Å²) in [4.78, 5) is 18.5. The average Bonchev–Trinajstić information content (AvgIpc) is 3.36. The number of nitrogens with zero attached hydrogens (tertiary/aromatic N) is 5. The third-order valence-electron chi connectivity index (χ3n) is 5.84. The van der Waals surface area contributed by atoms with Gasteiger partial charge in [-0.05, 0) is 44.9 Å². The van der Waals surface area contributed by atoms with Gasteiger partial charge >= 0.3 is 0 Å². The van der Waals surface area contributed by atoms with E-state index >= 15 is 0 Å². The van der Waals surface area contributed by atoms with Crippen molar-refractivity contribution in [3.8, 4) is 0 Å². The summed E-state index contributed by atoms with van der Waals surface area (Å²) >= 11 is 0. The Balaban J connectivity index is 1.27. The van der Waals surface area contributed by atoms with Crippen LogP contribution in [0.5, 0.6) is 0 Å². The highest BCUT2D eigenvalue weighted by molar-refractivity contribution is 5.76. The molecule has 0 bridgehead atoms. The second-order valence-corrected chi connectivity index (χ2v) is 7.64. The van der Waals surface area contributed by atoms with E-state index in [9.17, 15) is 4.79 Å². The monoisotopic (exact) mass is 329 g/mol. The number of carbonyl (C=O) groups excluding carboxylic acids is 1. The summed E-state index contributed by atoms with van der Waals surface area (Å²) in [5.41, 5.74) is 1.15. The van der Waals surface area contributed by atoms with Gasteiger partial charge in [-0.15, -0.1) is 5.10 Å². The van der Waals surface area contributed by atoms with Crippen LogP contribution < -0.4 is 4.90 Å². The number of amides is 1. The molecule has 3 aliphatic rings. The quantitative estimate of drug-likeness (QED) is 0.819. The Labute approximate surface area is 143 Å². The van der Waals surface area contributed by atoms with Crippen LogP contribution in [0.1, 0.15) is 43.7 Å². The molecule has 1 aromatic rings. The number of likely N-dealkylation sites (tertiary alicyclic amines) is 1. The zero-order valence-electron chi connectivity index (χ0n) is 14.7. The van der Waals surface area contributed by atoms with Crippen LogP contribution in [0.3, 0.4) is 0 Å². The first kappa shape index (κ1) is 15.8. The van der Waals surface area contributed by atoms with Crippen molar-refractivity contribution in [3.63, 3.8) is 0 Å². The lowest BCUT2D eigenvalue weighted by Crippen LogP contribution is -2.61. The van der Waals surface area contributed by atoms with Gasteiger partial charge in [0.1, 0.15) is 0 Å². The Morgan fingerprint density at radius 3 is 2.67 bits per heavy atom. The molecular weight excluding hydrogens is 302 g/mol. The molecule has 1 unspecified atom stereocenters. The molecular formula is C18H27N5O. The van der Waals surface area contributed by atoms with E-state index in [-0.39, 0.29) is 0 Å². The lowest BCUT2D eigenvalue weighted by molar-refractivity contribution is -0.135. The maximum atomic E-state index is 11.8. The molecule has 0 radical (unpaired) electrons. The lowest BCUT2D eigenvalue weighted by atomic mass is 10.00. The van der Waals surface area contributed by atoms with Crippen molar-refractivity contribution in [1.82, 2.24) is 20.0 Å².